The number of benzene rings is 1. The molecule has 1 saturated heterocycles. The van der Waals surface area contributed by atoms with Crippen molar-refractivity contribution in [3.05, 3.63) is 29.8 Å². The standard InChI is InChI=1S/C15H20N2O2/c1-11(2)9-14(18)17-8-7-16(15(17)19)13-6-4-5-12(3)10-13/h4-6,10-11H,7-9H2,1-3H3. The van der Waals surface area contributed by atoms with E-state index in [1.165, 1.54) is 4.90 Å². The molecule has 4 heteroatoms. The smallest absolute Gasteiger partial charge is 0.292 e. The fourth-order valence-electron chi connectivity index (χ4n) is 2.26. The summed E-state index contributed by atoms with van der Waals surface area (Å²) in [6, 6.07) is 7.59. The molecule has 1 heterocycles. The van der Waals surface area contributed by atoms with Crippen molar-refractivity contribution in [1.82, 2.24) is 4.90 Å². The zero-order valence-electron chi connectivity index (χ0n) is 11.7. The molecule has 0 radical (unpaired) electrons. The van der Waals surface area contributed by atoms with Crippen molar-refractivity contribution in [2.75, 3.05) is 18.0 Å². The molecular formula is C15H20N2O2. The molecular weight excluding hydrogens is 240 g/mol. The van der Waals surface area contributed by atoms with Crippen LogP contribution in [0.2, 0.25) is 0 Å². The minimum Gasteiger partial charge on any atom is -0.292 e. The predicted octanol–water partition coefficient (Wildman–Crippen LogP) is 2.81. The van der Waals surface area contributed by atoms with Crippen LogP contribution in [-0.2, 0) is 4.79 Å². The van der Waals surface area contributed by atoms with E-state index in [1.807, 2.05) is 45.0 Å². The van der Waals surface area contributed by atoms with Gasteiger partial charge in [0.1, 0.15) is 0 Å². The van der Waals surface area contributed by atoms with Crippen molar-refractivity contribution >= 4 is 17.6 Å². The van der Waals surface area contributed by atoms with E-state index in [0.29, 0.717) is 19.5 Å². The van der Waals surface area contributed by atoms with Crippen LogP contribution in [0.5, 0.6) is 0 Å². The van der Waals surface area contributed by atoms with Crippen molar-refractivity contribution in [3.63, 3.8) is 0 Å². The second-order valence-electron chi connectivity index (χ2n) is 5.42. The minimum atomic E-state index is -0.198. The number of imide groups is 1. The molecule has 102 valence electrons. The van der Waals surface area contributed by atoms with Crippen LogP contribution in [0.4, 0.5) is 10.5 Å². The maximum absolute atomic E-state index is 12.3. The Morgan fingerprint density at radius 1 is 1.32 bits per heavy atom. The van der Waals surface area contributed by atoms with Gasteiger partial charge in [0.2, 0.25) is 5.91 Å². The highest BCUT2D eigenvalue weighted by molar-refractivity contribution is 6.04. The lowest BCUT2D eigenvalue weighted by Crippen LogP contribution is -2.36. The topological polar surface area (TPSA) is 40.6 Å². The van der Waals surface area contributed by atoms with E-state index >= 15 is 0 Å². The molecule has 1 aliphatic rings. The number of urea groups is 1. The van der Waals surface area contributed by atoms with Gasteiger partial charge in [-0.05, 0) is 30.5 Å². The van der Waals surface area contributed by atoms with Crippen molar-refractivity contribution in [3.8, 4) is 0 Å². The second kappa shape index (κ2) is 5.43. The van der Waals surface area contributed by atoms with Crippen molar-refractivity contribution < 1.29 is 9.59 Å². The number of nitrogens with zero attached hydrogens (tertiary/aromatic N) is 2. The van der Waals surface area contributed by atoms with Gasteiger partial charge in [-0.15, -0.1) is 0 Å². The molecule has 1 fully saturated rings. The zero-order chi connectivity index (χ0) is 14.0. The Morgan fingerprint density at radius 2 is 2.05 bits per heavy atom. The molecule has 2 rings (SSSR count). The molecule has 1 aliphatic heterocycles. The van der Waals surface area contributed by atoms with E-state index in [4.69, 9.17) is 0 Å². The Balaban J connectivity index is 2.12. The van der Waals surface area contributed by atoms with Crippen LogP contribution < -0.4 is 4.90 Å². The van der Waals surface area contributed by atoms with Crippen LogP contribution in [0.15, 0.2) is 24.3 Å². The average molecular weight is 260 g/mol. The lowest BCUT2D eigenvalue weighted by Gasteiger charge is -2.18. The van der Waals surface area contributed by atoms with Crippen LogP contribution in [0.3, 0.4) is 0 Å². The van der Waals surface area contributed by atoms with E-state index < -0.39 is 0 Å². The van der Waals surface area contributed by atoms with Crippen LogP contribution in [-0.4, -0.2) is 29.9 Å². The Bertz CT molecular complexity index is 497. The minimum absolute atomic E-state index is 0.0739. The van der Waals surface area contributed by atoms with Crippen LogP contribution in [0.1, 0.15) is 25.8 Å². The summed E-state index contributed by atoms with van der Waals surface area (Å²) in [6.45, 7) is 7.02. The third-order valence-corrected chi connectivity index (χ3v) is 3.21. The summed E-state index contributed by atoms with van der Waals surface area (Å²) in [5.74, 6) is 0.198. The molecule has 3 amide bonds. The summed E-state index contributed by atoms with van der Waals surface area (Å²) in [6.07, 6.45) is 0.424. The number of hydrogen-bond donors (Lipinski definition) is 0. The number of rotatable bonds is 3. The zero-order valence-corrected chi connectivity index (χ0v) is 11.7. The largest absolute Gasteiger partial charge is 0.331 e. The lowest BCUT2D eigenvalue weighted by molar-refractivity contribution is -0.128. The first-order valence-corrected chi connectivity index (χ1v) is 6.67. The fourth-order valence-corrected chi connectivity index (χ4v) is 2.26. The number of carbonyl (C=O) groups excluding carboxylic acids is 2. The number of carbonyl (C=O) groups is 2. The first-order valence-electron chi connectivity index (χ1n) is 6.67. The molecule has 19 heavy (non-hydrogen) atoms. The monoisotopic (exact) mass is 260 g/mol. The Kier molecular flexibility index (Phi) is 3.88. The molecule has 1 aromatic rings. The van der Waals surface area contributed by atoms with Gasteiger partial charge in [-0.25, -0.2) is 4.79 Å². The molecule has 0 bridgehead atoms. The SMILES string of the molecule is Cc1cccc(N2CCN(C(=O)CC(C)C)C2=O)c1. The Hall–Kier alpha value is -1.84. The van der Waals surface area contributed by atoms with Gasteiger partial charge in [-0.1, -0.05) is 26.0 Å². The van der Waals surface area contributed by atoms with E-state index in [2.05, 4.69) is 0 Å². The Morgan fingerprint density at radius 3 is 2.68 bits per heavy atom. The van der Waals surface area contributed by atoms with Crippen LogP contribution in [0, 0.1) is 12.8 Å². The summed E-state index contributed by atoms with van der Waals surface area (Å²) < 4.78 is 0. The van der Waals surface area contributed by atoms with Gasteiger partial charge in [0.25, 0.3) is 0 Å². The van der Waals surface area contributed by atoms with Crippen LogP contribution in [0.25, 0.3) is 0 Å². The highest BCUT2D eigenvalue weighted by Crippen LogP contribution is 2.22. The van der Waals surface area contributed by atoms with Gasteiger partial charge < -0.3 is 0 Å². The average Bonchev–Trinajstić information content (AvgIpc) is 2.70. The third kappa shape index (κ3) is 2.95. The first kappa shape index (κ1) is 13.6. The molecule has 0 atom stereocenters. The molecule has 1 aromatic carbocycles. The van der Waals surface area contributed by atoms with Gasteiger partial charge in [0, 0.05) is 25.2 Å². The predicted molar refractivity (Wildman–Crippen MR) is 75.1 cm³/mol. The second-order valence-corrected chi connectivity index (χ2v) is 5.42. The highest BCUT2D eigenvalue weighted by atomic mass is 16.2. The third-order valence-electron chi connectivity index (χ3n) is 3.21. The molecule has 0 N–H and O–H groups in total. The fraction of sp³-hybridized carbons (Fsp3) is 0.467. The van der Waals surface area contributed by atoms with E-state index in [-0.39, 0.29) is 17.9 Å². The summed E-state index contributed by atoms with van der Waals surface area (Å²) in [7, 11) is 0. The lowest BCUT2D eigenvalue weighted by atomic mass is 10.1. The quantitative estimate of drug-likeness (QED) is 0.838. The van der Waals surface area contributed by atoms with Crippen molar-refractivity contribution in [2.24, 2.45) is 5.92 Å². The van der Waals surface area contributed by atoms with Gasteiger partial charge in [0.05, 0.1) is 0 Å². The maximum atomic E-state index is 12.3. The van der Waals surface area contributed by atoms with Crippen molar-refractivity contribution in [1.29, 1.82) is 0 Å². The maximum Gasteiger partial charge on any atom is 0.331 e. The molecule has 0 aliphatic carbocycles. The first-order chi connectivity index (χ1) is 8.99. The molecule has 4 nitrogen and oxygen atoms in total. The summed E-state index contributed by atoms with van der Waals surface area (Å²) in [5, 5.41) is 0. The molecule has 0 unspecified atom stereocenters. The van der Waals surface area contributed by atoms with Gasteiger partial charge in [-0.3, -0.25) is 14.6 Å². The molecule has 0 saturated carbocycles. The number of amides is 3. The van der Waals surface area contributed by atoms with Gasteiger partial charge >= 0.3 is 6.03 Å². The van der Waals surface area contributed by atoms with Gasteiger partial charge in [0.15, 0.2) is 0 Å². The summed E-state index contributed by atoms with van der Waals surface area (Å²) in [4.78, 5) is 27.3. The van der Waals surface area contributed by atoms with E-state index in [0.717, 1.165) is 11.3 Å². The number of hydrogen-bond acceptors (Lipinski definition) is 2. The highest BCUT2D eigenvalue weighted by Gasteiger charge is 2.33. The van der Waals surface area contributed by atoms with Crippen molar-refractivity contribution in [2.45, 2.75) is 27.2 Å². The summed E-state index contributed by atoms with van der Waals surface area (Å²) in [5.41, 5.74) is 1.97. The van der Waals surface area contributed by atoms with Gasteiger partial charge in [-0.2, -0.15) is 0 Å². The Labute approximate surface area is 114 Å². The molecule has 0 spiro atoms. The molecule has 0 aromatic heterocycles. The number of anilines is 1. The van der Waals surface area contributed by atoms with E-state index in [9.17, 15) is 9.59 Å². The van der Waals surface area contributed by atoms with Crippen LogP contribution >= 0.6 is 0 Å². The normalized spacial score (nSPS) is 15.5. The number of aryl methyl sites for hydroxylation is 1. The summed E-state index contributed by atoms with van der Waals surface area (Å²) >= 11 is 0. The van der Waals surface area contributed by atoms with E-state index in [1.54, 1.807) is 4.90 Å².